The van der Waals surface area contributed by atoms with Crippen LogP contribution in [-0.4, -0.2) is 6.04 Å². The highest BCUT2D eigenvalue weighted by atomic mass is 79.9. The zero-order valence-electron chi connectivity index (χ0n) is 6.48. The third-order valence-electron chi connectivity index (χ3n) is 1.81. The number of benzene rings is 1. The number of hydrogen-bond acceptors (Lipinski definition) is 1. The van der Waals surface area contributed by atoms with Crippen LogP contribution in [0.25, 0.3) is 0 Å². The molecule has 1 nitrogen and oxygen atoms in total. The van der Waals surface area contributed by atoms with E-state index >= 15 is 0 Å². The first-order valence-corrected chi connectivity index (χ1v) is 5.14. The van der Waals surface area contributed by atoms with Crippen LogP contribution in [0.2, 0.25) is 5.02 Å². The van der Waals surface area contributed by atoms with Gasteiger partial charge in [0.25, 0.3) is 0 Å². The van der Waals surface area contributed by atoms with Gasteiger partial charge in [0.2, 0.25) is 0 Å². The lowest BCUT2D eigenvalue weighted by Crippen LogP contribution is -2.00. The number of nitrogens with one attached hydrogen (secondary N) is 1. The van der Waals surface area contributed by atoms with Crippen molar-refractivity contribution < 1.29 is 0 Å². The van der Waals surface area contributed by atoms with Crippen molar-refractivity contribution >= 4 is 33.2 Å². The summed E-state index contributed by atoms with van der Waals surface area (Å²) >= 11 is 9.28. The van der Waals surface area contributed by atoms with Crippen molar-refractivity contribution in [3.8, 4) is 0 Å². The van der Waals surface area contributed by atoms with Gasteiger partial charge in [0.1, 0.15) is 0 Å². The molecule has 1 aromatic carbocycles. The van der Waals surface area contributed by atoms with E-state index in [1.807, 2.05) is 18.2 Å². The number of hydrogen-bond donors (Lipinski definition) is 1. The predicted molar refractivity (Wildman–Crippen MR) is 55.8 cm³/mol. The lowest BCUT2D eigenvalue weighted by Gasteiger charge is -2.04. The molecule has 0 spiro atoms. The van der Waals surface area contributed by atoms with Gasteiger partial charge in [-0.25, -0.2) is 0 Å². The molecule has 1 aromatic rings. The highest BCUT2D eigenvalue weighted by Gasteiger charge is 2.20. The summed E-state index contributed by atoms with van der Waals surface area (Å²) in [6.45, 7) is 0. The second-order valence-electron chi connectivity index (χ2n) is 3.08. The normalized spacial score (nSPS) is 16.2. The molecule has 0 aromatic heterocycles. The van der Waals surface area contributed by atoms with Gasteiger partial charge >= 0.3 is 0 Å². The lowest BCUT2D eigenvalue weighted by molar-refractivity contribution is 1.16. The monoisotopic (exact) mass is 245 g/mol. The van der Waals surface area contributed by atoms with Crippen LogP contribution in [0, 0.1) is 0 Å². The molecule has 12 heavy (non-hydrogen) atoms. The van der Waals surface area contributed by atoms with E-state index in [0.717, 1.165) is 15.2 Å². The zero-order valence-corrected chi connectivity index (χ0v) is 8.82. The topological polar surface area (TPSA) is 12.0 Å². The van der Waals surface area contributed by atoms with Crippen LogP contribution >= 0.6 is 27.5 Å². The number of rotatable bonds is 2. The minimum Gasteiger partial charge on any atom is -0.382 e. The van der Waals surface area contributed by atoms with E-state index in [2.05, 4.69) is 21.2 Å². The Bertz CT molecular complexity index is 276. The van der Waals surface area contributed by atoms with Crippen LogP contribution in [-0.2, 0) is 0 Å². The average molecular weight is 247 g/mol. The molecule has 0 atom stereocenters. The van der Waals surface area contributed by atoms with Crippen LogP contribution in [0.4, 0.5) is 5.69 Å². The molecule has 1 aliphatic rings. The summed E-state index contributed by atoms with van der Waals surface area (Å²) < 4.78 is 1.03. The van der Waals surface area contributed by atoms with Crippen molar-refractivity contribution in [3.05, 3.63) is 27.7 Å². The smallest absolute Gasteiger partial charge is 0.0437 e. The molecule has 0 saturated heterocycles. The number of anilines is 1. The molecule has 0 amide bonds. The SMILES string of the molecule is Clc1cc(Br)cc(NC2CC2)c1. The summed E-state index contributed by atoms with van der Waals surface area (Å²) in [4.78, 5) is 0. The van der Waals surface area contributed by atoms with E-state index in [1.54, 1.807) is 0 Å². The van der Waals surface area contributed by atoms with Gasteiger partial charge in [-0.1, -0.05) is 27.5 Å². The Morgan fingerprint density at radius 1 is 1.33 bits per heavy atom. The Morgan fingerprint density at radius 2 is 2.08 bits per heavy atom. The standard InChI is InChI=1S/C9H9BrClN/c10-6-3-7(11)5-9(4-6)12-8-1-2-8/h3-5,8,12H,1-2H2. The zero-order chi connectivity index (χ0) is 8.55. The molecular weight excluding hydrogens is 237 g/mol. The second kappa shape index (κ2) is 3.27. The Labute approximate surface area is 85.2 Å². The van der Waals surface area contributed by atoms with Gasteiger partial charge in [0.05, 0.1) is 0 Å². The molecule has 0 unspecified atom stereocenters. The minimum absolute atomic E-state index is 0.676. The lowest BCUT2D eigenvalue weighted by atomic mass is 10.3. The molecular formula is C9H9BrClN. The molecule has 3 heteroatoms. The number of halogens is 2. The van der Waals surface area contributed by atoms with E-state index < -0.39 is 0 Å². The Kier molecular flexibility index (Phi) is 2.28. The third-order valence-corrected chi connectivity index (χ3v) is 2.49. The molecule has 1 saturated carbocycles. The Morgan fingerprint density at radius 3 is 2.67 bits per heavy atom. The molecule has 0 radical (unpaired) electrons. The first kappa shape index (κ1) is 8.39. The molecule has 0 heterocycles. The summed E-state index contributed by atoms with van der Waals surface area (Å²) in [5.74, 6) is 0. The largest absolute Gasteiger partial charge is 0.382 e. The van der Waals surface area contributed by atoms with E-state index in [1.165, 1.54) is 12.8 Å². The van der Waals surface area contributed by atoms with E-state index in [-0.39, 0.29) is 0 Å². The summed E-state index contributed by atoms with van der Waals surface area (Å²) in [5, 5.41) is 4.15. The molecule has 2 rings (SSSR count). The Hall–Kier alpha value is -0.210. The predicted octanol–water partition coefficient (Wildman–Crippen LogP) is 3.68. The van der Waals surface area contributed by atoms with Gasteiger partial charge in [-0.3, -0.25) is 0 Å². The van der Waals surface area contributed by atoms with E-state index in [0.29, 0.717) is 6.04 Å². The molecule has 1 fully saturated rings. The maximum Gasteiger partial charge on any atom is 0.0437 e. The molecule has 64 valence electrons. The summed E-state index contributed by atoms with van der Waals surface area (Å²) in [6, 6.07) is 6.56. The molecule has 1 aliphatic carbocycles. The molecule has 0 aliphatic heterocycles. The van der Waals surface area contributed by atoms with Crippen LogP contribution in [0.1, 0.15) is 12.8 Å². The van der Waals surface area contributed by atoms with Crippen molar-refractivity contribution in [1.82, 2.24) is 0 Å². The van der Waals surface area contributed by atoms with Gasteiger partial charge < -0.3 is 5.32 Å². The molecule has 0 bridgehead atoms. The fourth-order valence-corrected chi connectivity index (χ4v) is 1.96. The van der Waals surface area contributed by atoms with Gasteiger partial charge in [-0.15, -0.1) is 0 Å². The maximum absolute atomic E-state index is 5.88. The fraction of sp³-hybridized carbons (Fsp3) is 0.333. The quantitative estimate of drug-likeness (QED) is 0.839. The van der Waals surface area contributed by atoms with Crippen molar-refractivity contribution in [1.29, 1.82) is 0 Å². The van der Waals surface area contributed by atoms with Crippen LogP contribution in [0.3, 0.4) is 0 Å². The van der Waals surface area contributed by atoms with E-state index in [4.69, 9.17) is 11.6 Å². The van der Waals surface area contributed by atoms with Gasteiger partial charge in [-0.05, 0) is 31.0 Å². The summed E-state index contributed by atoms with van der Waals surface area (Å²) in [6.07, 6.45) is 2.56. The highest BCUT2D eigenvalue weighted by Crippen LogP contribution is 2.28. The first-order valence-electron chi connectivity index (χ1n) is 3.97. The van der Waals surface area contributed by atoms with Crippen LogP contribution < -0.4 is 5.32 Å². The second-order valence-corrected chi connectivity index (χ2v) is 4.43. The van der Waals surface area contributed by atoms with Crippen LogP contribution in [0.5, 0.6) is 0 Å². The maximum atomic E-state index is 5.88. The third kappa shape index (κ3) is 2.14. The fourth-order valence-electron chi connectivity index (χ4n) is 1.10. The highest BCUT2D eigenvalue weighted by molar-refractivity contribution is 9.10. The van der Waals surface area contributed by atoms with Crippen molar-refractivity contribution in [2.75, 3.05) is 5.32 Å². The summed E-state index contributed by atoms with van der Waals surface area (Å²) in [5.41, 5.74) is 1.11. The molecule has 1 N–H and O–H groups in total. The van der Waals surface area contributed by atoms with Gasteiger partial charge in [0.15, 0.2) is 0 Å². The van der Waals surface area contributed by atoms with E-state index in [9.17, 15) is 0 Å². The Balaban J connectivity index is 2.18. The van der Waals surface area contributed by atoms with Crippen molar-refractivity contribution in [3.63, 3.8) is 0 Å². The summed E-state index contributed by atoms with van der Waals surface area (Å²) in [7, 11) is 0. The minimum atomic E-state index is 0.676. The first-order chi connectivity index (χ1) is 5.74. The van der Waals surface area contributed by atoms with Crippen LogP contribution in [0.15, 0.2) is 22.7 Å². The average Bonchev–Trinajstić information content (AvgIpc) is 2.68. The van der Waals surface area contributed by atoms with Crippen molar-refractivity contribution in [2.45, 2.75) is 18.9 Å². The van der Waals surface area contributed by atoms with Gasteiger partial charge in [0, 0.05) is 21.2 Å². The van der Waals surface area contributed by atoms with Crippen molar-refractivity contribution in [2.24, 2.45) is 0 Å². The van der Waals surface area contributed by atoms with Gasteiger partial charge in [-0.2, -0.15) is 0 Å².